The van der Waals surface area contributed by atoms with Gasteiger partial charge in [-0.25, -0.2) is 4.98 Å². The van der Waals surface area contributed by atoms with Crippen LogP contribution in [0.2, 0.25) is 0 Å². The lowest BCUT2D eigenvalue weighted by atomic mass is 10.1. The van der Waals surface area contributed by atoms with Crippen molar-refractivity contribution in [1.29, 1.82) is 0 Å². The number of pyridine rings is 1. The summed E-state index contributed by atoms with van der Waals surface area (Å²) in [6.45, 7) is 0.516. The van der Waals surface area contributed by atoms with E-state index in [-0.39, 0.29) is 25.0 Å². The number of carbonyl (C=O) groups excluding carboxylic acids is 1. The van der Waals surface area contributed by atoms with Gasteiger partial charge in [-0.1, -0.05) is 51.4 Å². The Labute approximate surface area is 151 Å². The van der Waals surface area contributed by atoms with Gasteiger partial charge in [-0.15, -0.1) is 0 Å². The number of nitrogen functional groups attached to an aromatic ring is 1. The van der Waals surface area contributed by atoms with Crippen molar-refractivity contribution in [2.24, 2.45) is 0 Å². The maximum Gasteiger partial charge on any atom is 0.283 e. The molecule has 0 unspecified atom stereocenters. The molecule has 0 radical (unpaired) electrons. The third-order valence-electron chi connectivity index (χ3n) is 3.98. The molecule has 24 heavy (non-hydrogen) atoms. The molecule has 1 rings (SSSR count). The molecule has 1 amide bonds. The molecule has 0 aliphatic rings. The number of nitrogens with one attached hydrogen (secondary N) is 2. The first-order valence-electron chi connectivity index (χ1n) is 8.86. The number of H-pyrrole nitrogens is 1. The van der Waals surface area contributed by atoms with Crippen LogP contribution in [0.3, 0.4) is 0 Å². The van der Waals surface area contributed by atoms with Crippen LogP contribution in [0.1, 0.15) is 74.6 Å². The minimum Gasteiger partial charge on any atom is -1.00 e. The highest BCUT2D eigenvalue weighted by molar-refractivity contribution is 5.97. The predicted octanol–water partition coefficient (Wildman–Crippen LogP) is 0.687. The zero-order valence-corrected chi connectivity index (χ0v) is 15.2. The number of hydrogen-bond donors (Lipinski definition) is 2. The predicted molar refractivity (Wildman–Crippen MR) is 91.9 cm³/mol. The zero-order chi connectivity index (χ0) is 16.8. The van der Waals surface area contributed by atoms with Crippen LogP contribution in [-0.4, -0.2) is 19.1 Å². The van der Waals surface area contributed by atoms with E-state index < -0.39 is 0 Å². The van der Waals surface area contributed by atoms with Crippen molar-refractivity contribution in [3.63, 3.8) is 0 Å². The van der Waals surface area contributed by atoms with E-state index in [9.17, 15) is 9.18 Å². The lowest BCUT2D eigenvalue weighted by Gasteiger charge is -2.05. The molecule has 0 aliphatic carbocycles. The summed E-state index contributed by atoms with van der Waals surface area (Å²) in [7, 11) is 0. The largest absolute Gasteiger partial charge is 1.00 e. The second kappa shape index (κ2) is 15.2. The second-order valence-electron chi connectivity index (χ2n) is 5.98. The van der Waals surface area contributed by atoms with Gasteiger partial charge in [0.05, 0.1) is 12.9 Å². The summed E-state index contributed by atoms with van der Waals surface area (Å²) < 4.78 is 11.9. The van der Waals surface area contributed by atoms with Gasteiger partial charge in [0.1, 0.15) is 5.56 Å². The molecule has 0 atom stereocenters. The molecule has 1 aromatic heterocycles. The number of alkyl halides is 1. The number of carbonyl (C=O) groups is 1. The van der Waals surface area contributed by atoms with Crippen molar-refractivity contribution in [3.05, 3.63) is 23.9 Å². The van der Waals surface area contributed by atoms with E-state index in [0.29, 0.717) is 17.9 Å². The number of rotatable bonds is 13. The highest BCUT2D eigenvalue weighted by Crippen LogP contribution is 2.10. The Morgan fingerprint density at radius 1 is 1.00 bits per heavy atom. The molecule has 0 saturated heterocycles. The van der Waals surface area contributed by atoms with Gasteiger partial charge in [0.2, 0.25) is 0 Å². The number of nitrogens with two attached hydrogens (primary N) is 1. The Hall–Kier alpha value is -1.36. The Bertz CT molecular complexity index is 446. The normalized spacial score (nSPS) is 10.2. The van der Waals surface area contributed by atoms with Crippen LogP contribution in [0, 0.1) is 0 Å². The number of amides is 1. The molecule has 0 bridgehead atoms. The number of unbranched alkanes of at least 4 members (excludes halogenated alkanes) is 9. The van der Waals surface area contributed by atoms with E-state index in [4.69, 9.17) is 5.73 Å². The SMILES string of the molecule is Nc1[nH+]cccc1C(=O)NCCCCCCCCCCCCF.[Cl-]. The third kappa shape index (κ3) is 10.4. The van der Waals surface area contributed by atoms with Crippen LogP contribution in [0.25, 0.3) is 0 Å². The van der Waals surface area contributed by atoms with E-state index in [2.05, 4.69) is 10.3 Å². The fourth-order valence-electron chi connectivity index (χ4n) is 2.58. The Kier molecular flexibility index (Phi) is 14.3. The van der Waals surface area contributed by atoms with Crippen LogP contribution >= 0.6 is 0 Å². The molecule has 6 heteroatoms. The van der Waals surface area contributed by atoms with Crippen molar-refractivity contribution < 1.29 is 26.6 Å². The van der Waals surface area contributed by atoms with E-state index >= 15 is 0 Å². The Morgan fingerprint density at radius 2 is 1.54 bits per heavy atom. The molecule has 1 heterocycles. The first-order chi connectivity index (χ1) is 11.3. The van der Waals surface area contributed by atoms with E-state index in [0.717, 1.165) is 32.1 Å². The minimum atomic E-state index is -0.175. The number of hydrogen-bond acceptors (Lipinski definition) is 2. The highest BCUT2D eigenvalue weighted by atomic mass is 35.5. The average Bonchev–Trinajstić information content (AvgIpc) is 2.56. The average molecular weight is 360 g/mol. The topological polar surface area (TPSA) is 69.3 Å². The number of aromatic amines is 1. The van der Waals surface area contributed by atoms with Crippen molar-refractivity contribution in [2.75, 3.05) is 19.0 Å². The van der Waals surface area contributed by atoms with Crippen LogP contribution < -0.4 is 28.4 Å². The molecule has 4 N–H and O–H groups in total. The van der Waals surface area contributed by atoms with Crippen LogP contribution in [0.15, 0.2) is 18.3 Å². The summed E-state index contributed by atoms with van der Waals surface area (Å²) in [4.78, 5) is 14.7. The molecule has 0 saturated carbocycles. The fraction of sp³-hybridized carbons (Fsp3) is 0.667. The van der Waals surface area contributed by atoms with Crippen LogP contribution in [0.5, 0.6) is 0 Å². The molecule has 138 valence electrons. The molecule has 0 aromatic carbocycles. The second-order valence-corrected chi connectivity index (χ2v) is 5.98. The minimum absolute atomic E-state index is 0. The van der Waals surface area contributed by atoms with Crippen LogP contribution in [0.4, 0.5) is 10.2 Å². The van der Waals surface area contributed by atoms with E-state index in [1.807, 2.05) is 0 Å². The quantitative estimate of drug-likeness (QED) is 0.509. The molecule has 0 spiro atoms. The summed E-state index contributed by atoms with van der Waals surface area (Å²) in [5.74, 6) is 0.282. The van der Waals surface area contributed by atoms with Crippen molar-refractivity contribution >= 4 is 11.7 Å². The Morgan fingerprint density at radius 3 is 2.08 bits per heavy atom. The summed E-state index contributed by atoms with van der Waals surface area (Å²) in [6.07, 6.45) is 13.0. The monoisotopic (exact) mass is 359 g/mol. The number of aromatic nitrogens is 1. The molecular formula is C18H31ClFN3O. The smallest absolute Gasteiger partial charge is 0.283 e. The first-order valence-corrected chi connectivity index (χ1v) is 8.86. The van der Waals surface area contributed by atoms with Gasteiger partial charge in [-0.05, 0) is 25.0 Å². The van der Waals surface area contributed by atoms with Gasteiger partial charge < -0.3 is 17.7 Å². The molecule has 4 nitrogen and oxygen atoms in total. The highest BCUT2D eigenvalue weighted by Gasteiger charge is 2.12. The van der Waals surface area contributed by atoms with Gasteiger partial charge in [-0.2, -0.15) is 0 Å². The van der Waals surface area contributed by atoms with Gasteiger partial charge >= 0.3 is 0 Å². The zero-order valence-electron chi connectivity index (χ0n) is 14.5. The lowest BCUT2D eigenvalue weighted by Crippen LogP contribution is -3.00. The van der Waals surface area contributed by atoms with Gasteiger partial charge in [-0.3, -0.25) is 14.9 Å². The maximum atomic E-state index is 11.9. The first kappa shape index (κ1) is 22.6. The summed E-state index contributed by atoms with van der Waals surface area (Å²) in [6, 6.07) is 3.48. The Balaban J connectivity index is 0.00000529. The lowest BCUT2D eigenvalue weighted by molar-refractivity contribution is -0.360. The van der Waals surface area contributed by atoms with Crippen molar-refractivity contribution in [3.8, 4) is 0 Å². The summed E-state index contributed by atoms with van der Waals surface area (Å²) in [5.41, 5.74) is 6.22. The number of halogens is 2. The van der Waals surface area contributed by atoms with Gasteiger partial charge in [0.25, 0.3) is 11.7 Å². The van der Waals surface area contributed by atoms with Gasteiger partial charge in [0, 0.05) is 6.54 Å². The summed E-state index contributed by atoms with van der Waals surface area (Å²) in [5, 5.41) is 2.90. The fourth-order valence-corrected chi connectivity index (χ4v) is 2.58. The molecule has 0 fully saturated rings. The number of anilines is 1. The van der Waals surface area contributed by atoms with Crippen molar-refractivity contribution in [1.82, 2.24) is 5.32 Å². The third-order valence-corrected chi connectivity index (χ3v) is 3.98. The van der Waals surface area contributed by atoms with Gasteiger partial charge in [0.15, 0.2) is 0 Å². The molecule has 0 aliphatic heterocycles. The van der Waals surface area contributed by atoms with E-state index in [1.165, 1.54) is 32.1 Å². The molecular weight excluding hydrogens is 329 g/mol. The van der Waals surface area contributed by atoms with E-state index in [1.54, 1.807) is 18.3 Å². The van der Waals surface area contributed by atoms with Crippen LogP contribution in [-0.2, 0) is 0 Å². The molecule has 1 aromatic rings. The maximum absolute atomic E-state index is 11.9. The van der Waals surface area contributed by atoms with Crippen molar-refractivity contribution in [2.45, 2.75) is 64.2 Å². The summed E-state index contributed by atoms with van der Waals surface area (Å²) >= 11 is 0. The standard InChI is InChI=1S/C18H30FN3O.ClH/c19-13-9-7-5-3-1-2-4-6-8-10-14-22-18(23)16-12-11-15-21-17(16)20;/h11-12,15H,1-10,13-14H2,(H2,20,21)(H,22,23);1H.